The SMILES string of the molecule is OC(CCN1CCC2CCCCC21)c1ccccc1Br. The average molecular weight is 338 g/mol. The molecule has 1 N–H and O–H groups in total. The molecule has 0 radical (unpaired) electrons. The van der Waals surface area contributed by atoms with Gasteiger partial charge in [-0.1, -0.05) is 47.0 Å². The van der Waals surface area contributed by atoms with Crippen LogP contribution in [0.1, 0.15) is 50.2 Å². The first kappa shape index (κ1) is 14.6. The van der Waals surface area contributed by atoms with Gasteiger partial charge in [0, 0.05) is 17.1 Å². The molecule has 3 unspecified atom stereocenters. The Labute approximate surface area is 130 Å². The largest absolute Gasteiger partial charge is 0.388 e. The fourth-order valence-electron chi connectivity index (χ4n) is 3.97. The molecule has 1 saturated heterocycles. The lowest BCUT2D eigenvalue weighted by molar-refractivity contribution is 0.122. The van der Waals surface area contributed by atoms with Crippen LogP contribution < -0.4 is 0 Å². The number of aliphatic hydroxyl groups excluding tert-OH is 1. The molecule has 0 amide bonds. The third-order valence-corrected chi connectivity index (χ3v) is 5.80. The molecule has 1 aromatic rings. The van der Waals surface area contributed by atoms with E-state index in [1.807, 2.05) is 24.3 Å². The van der Waals surface area contributed by atoms with Gasteiger partial charge in [-0.05, 0) is 49.8 Å². The molecule has 1 saturated carbocycles. The van der Waals surface area contributed by atoms with Gasteiger partial charge in [-0.3, -0.25) is 4.90 Å². The van der Waals surface area contributed by atoms with E-state index >= 15 is 0 Å². The van der Waals surface area contributed by atoms with Crippen LogP contribution in [0.2, 0.25) is 0 Å². The van der Waals surface area contributed by atoms with Crippen molar-refractivity contribution in [2.75, 3.05) is 13.1 Å². The van der Waals surface area contributed by atoms with Gasteiger partial charge in [0.05, 0.1) is 6.10 Å². The van der Waals surface area contributed by atoms with Gasteiger partial charge in [0.2, 0.25) is 0 Å². The molecule has 20 heavy (non-hydrogen) atoms. The molecule has 110 valence electrons. The summed E-state index contributed by atoms with van der Waals surface area (Å²) in [5.41, 5.74) is 1.02. The molecular weight excluding hydrogens is 314 g/mol. The first-order chi connectivity index (χ1) is 9.75. The maximum atomic E-state index is 10.4. The van der Waals surface area contributed by atoms with Gasteiger partial charge in [-0.15, -0.1) is 0 Å². The summed E-state index contributed by atoms with van der Waals surface area (Å²) in [7, 11) is 0. The molecule has 1 aromatic carbocycles. The van der Waals surface area contributed by atoms with Crippen LogP contribution in [0.4, 0.5) is 0 Å². The topological polar surface area (TPSA) is 23.5 Å². The minimum absolute atomic E-state index is 0.354. The first-order valence-corrected chi connectivity index (χ1v) is 8.71. The van der Waals surface area contributed by atoms with Gasteiger partial charge in [-0.25, -0.2) is 0 Å². The highest BCUT2D eigenvalue weighted by atomic mass is 79.9. The minimum atomic E-state index is -0.354. The summed E-state index contributed by atoms with van der Waals surface area (Å²) < 4.78 is 1.02. The van der Waals surface area contributed by atoms with Crippen LogP contribution in [0.5, 0.6) is 0 Å². The standard InChI is InChI=1S/C17H24BrNO/c18-15-7-3-2-6-14(15)17(20)10-12-19-11-9-13-5-1-4-8-16(13)19/h2-3,6-7,13,16-17,20H,1,4-5,8-12H2. The lowest BCUT2D eigenvalue weighted by Crippen LogP contribution is -2.35. The first-order valence-electron chi connectivity index (χ1n) is 7.92. The van der Waals surface area contributed by atoms with Crippen LogP contribution in [0.15, 0.2) is 28.7 Å². The zero-order chi connectivity index (χ0) is 13.9. The lowest BCUT2D eigenvalue weighted by atomic mass is 9.85. The molecule has 3 atom stereocenters. The van der Waals surface area contributed by atoms with Crippen molar-refractivity contribution in [3.05, 3.63) is 34.3 Å². The molecule has 2 nitrogen and oxygen atoms in total. The van der Waals surface area contributed by atoms with E-state index < -0.39 is 0 Å². The number of fused-ring (bicyclic) bond motifs is 1. The Morgan fingerprint density at radius 1 is 1.20 bits per heavy atom. The number of likely N-dealkylation sites (tertiary alicyclic amines) is 1. The smallest absolute Gasteiger partial charge is 0.0813 e. The molecule has 2 aliphatic rings. The zero-order valence-electron chi connectivity index (χ0n) is 12.0. The summed E-state index contributed by atoms with van der Waals surface area (Å²) in [4.78, 5) is 2.63. The molecule has 1 aliphatic carbocycles. The normalized spacial score (nSPS) is 28.3. The van der Waals surface area contributed by atoms with Crippen LogP contribution >= 0.6 is 15.9 Å². The Kier molecular flexibility index (Phi) is 4.79. The Morgan fingerprint density at radius 3 is 2.85 bits per heavy atom. The van der Waals surface area contributed by atoms with Gasteiger partial charge in [-0.2, -0.15) is 0 Å². The average Bonchev–Trinajstić information content (AvgIpc) is 2.88. The maximum absolute atomic E-state index is 10.4. The number of halogens is 1. The summed E-state index contributed by atoms with van der Waals surface area (Å²) in [5.74, 6) is 0.935. The predicted molar refractivity (Wildman–Crippen MR) is 85.7 cm³/mol. The van der Waals surface area contributed by atoms with Gasteiger partial charge < -0.3 is 5.11 Å². The Balaban J connectivity index is 1.56. The minimum Gasteiger partial charge on any atom is -0.388 e. The van der Waals surface area contributed by atoms with Crippen molar-refractivity contribution in [1.82, 2.24) is 4.90 Å². The van der Waals surface area contributed by atoms with E-state index in [-0.39, 0.29) is 6.10 Å². The summed E-state index contributed by atoms with van der Waals surface area (Å²) in [6.07, 6.45) is 7.47. The number of hydrogen-bond acceptors (Lipinski definition) is 2. The number of benzene rings is 1. The third-order valence-electron chi connectivity index (χ3n) is 5.08. The monoisotopic (exact) mass is 337 g/mol. The van der Waals surface area contributed by atoms with Crippen LogP contribution in [-0.2, 0) is 0 Å². The summed E-state index contributed by atoms with van der Waals surface area (Å²) >= 11 is 3.53. The second-order valence-corrected chi connectivity index (χ2v) is 7.12. The highest BCUT2D eigenvalue weighted by molar-refractivity contribution is 9.10. The number of hydrogen-bond donors (Lipinski definition) is 1. The van der Waals surface area contributed by atoms with E-state index in [0.717, 1.165) is 35.0 Å². The Hall–Kier alpha value is -0.380. The highest BCUT2D eigenvalue weighted by Gasteiger charge is 2.35. The van der Waals surface area contributed by atoms with Crippen molar-refractivity contribution in [3.8, 4) is 0 Å². The Bertz CT molecular complexity index is 450. The second-order valence-electron chi connectivity index (χ2n) is 6.26. The fourth-order valence-corrected chi connectivity index (χ4v) is 4.52. The van der Waals surface area contributed by atoms with E-state index in [1.165, 1.54) is 38.6 Å². The van der Waals surface area contributed by atoms with Crippen molar-refractivity contribution in [1.29, 1.82) is 0 Å². The molecule has 0 aromatic heterocycles. The molecule has 0 spiro atoms. The van der Waals surface area contributed by atoms with E-state index in [1.54, 1.807) is 0 Å². The van der Waals surface area contributed by atoms with E-state index in [9.17, 15) is 5.11 Å². The van der Waals surface area contributed by atoms with Crippen molar-refractivity contribution in [2.24, 2.45) is 5.92 Å². The predicted octanol–water partition coefficient (Wildman–Crippen LogP) is 4.14. The van der Waals surface area contributed by atoms with Crippen molar-refractivity contribution >= 4 is 15.9 Å². The van der Waals surface area contributed by atoms with E-state index in [2.05, 4.69) is 20.8 Å². The molecule has 3 rings (SSSR count). The van der Waals surface area contributed by atoms with Gasteiger partial charge in [0.15, 0.2) is 0 Å². The van der Waals surface area contributed by atoms with Gasteiger partial charge >= 0.3 is 0 Å². The quantitative estimate of drug-likeness (QED) is 0.892. The second kappa shape index (κ2) is 6.59. The highest BCUT2D eigenvalue weighted by Crippen LogP contribution is 2.36. The number of rotatable bonds is 4. The summed E-state index contributed by atoms with van der Waals surface area (Å²) in [5, 5.41) is 10.4. The third kappa shape index (κ3) is 3.10. The van der Waals surface area contributed by atoms with Gasteiger partial charge in [0.25, 0.3) is 0 Å². The number of nitrogens with zero attached hydrogens (tertiary/aromatic N) is 1. The summed E-state index contributed by atoms with van der Waals surface area (Å²) in [6.45, 7) is 2.27. The van der Waals surface area contributed by atoms with E-state index in [0.29, 0.717) is 0 Å². The molecular formula is C17H24BrNO. The molecule has 2 fully saturated rings. The fraction of sp³-hybridized carbons (Fsp3) is 0.647. The molecule has 1 aliphatic heterocycles. The van der Waals surface area contributed by atoms with Crippen molar-refractivity contribution in [3.63, 3.8) is 0 Å². The maximum Gasteiger partial charge on any atom is 0.0813 e. The van der Waals surface area contributed by atoms with Crippen LogP contribution in [0.25, 0.3) is 0 Å². The lowest BCUT2D eigenvalue weighted by Gasteiger charge is -2.32. The molecule has 3 heteroatoms. The van der Waals surface area contributed by atoms with Crippen molar-refractivity contribution in [2.45, 2.75) is 50.7 Å². The summed E-state index contributed by atoms with van der Waals surface area (Å²) in [6, 6.07) is 8.81. The Morgan fingerprint density at radius 2 is 2.00 bits per heavy atom. The number of aliphatic hydroxyl groups is 1. The van der Waals surface area contributed by atoms with E-state index in [4.69, 9.17) is 0 Å². The van der Waals surface area contributed by atoms with Crippen LogP contribution in [0.3, 0.4) is 0 Å². The van der Waals surface area contributed by atoms with Crippen LogP contribution in [0, 0.1) is 5.92 Å². The zero-order valence-corrected chi connectivity index (χ0v) is 13.6. The van der Waals surface area contributed by atoms with Gasteiger partial charge in [0.1, 0.15) is 0 Å². The molecule has 0 bridgehead atoms. The molecule has 1 heterocycles. The van der Waals surface area contributed by atoms with Crippen molar-refractivity contribution < 1.29 is 5.11 Å². The van der Waals surface area contributed by atoms with Crippen LogP contribution in [-0.4, -0.2) is 29.1 Å².